The van der Waals surface area contributed by atoms with Crippen molar-refractivity contribution in [3.63, 3.8) is 0 Å². The molecule has 122 valence electrons. The predicted molar refractivity (Wildman–Crippen MR) is 84.8 cm³/mol. The summed E-state index contributed by atoms with van der Waals surface area (Å²) >= 11 is 0. The van der Waals surface area contributed by atoms with Gasteiger partial charge in [0.25, 0.3) is 10.1 Å². The van der Waals surface area contributed by atoms with Crippen LogP contribution in [0.2, 0.25) is 0 Å². The average molecular weight is 318 g/mol. The fraction of sp³-hybridized carbons (Fsp3) is 0.538. The summed E-state index contributed by atoms with van der Waals surface area (Å²) in [7, 11) is -4.02. The fourth-order valence-electron chi connectivity index (χ4n) is 1.34. The molecule has 0 saturated carbocycles. The number of hydrogen-bond acceptors (Lipinski definition) is 6. The predicted octanol–water partition coefficient (Wildman–Crippen LogP) is -0.675. The third-order valence-corrected chi connectivity index (χ3v) is 3.31. The molecule has 0 heterocycles. The second-order valence-corrected chi connectivity index (χ2v) is 5.79. The number of rotatable bonds is 8. The zero-order valence-corrected chi connectivity index (χ0v) is 13.2. The summed E-state index contributed by atoms with van der Waals surface area (Å²) in [4.78, 5) is -0.0666. The van der Waals surface area contributed by atoms with Gasteiger partial charge in [-0.05, 0) is 19.1 Å². The molecule has 8 heteroatoms. The molecule has 0 atom stereocenters. The van der Waals surface area contributed by atoms with Crippen LogP contribution >= 0.6 is 0 Å². The summed E-state index contributed by atoms with van der Waals surface area (Å²) in [5.74, 6) is 0. The normalized spacial score (nSPS) is 10.9. The quantitative estimate of drug-likeness (QED) is 0.317. The molecule has 21 heavy (non-hydrogen) atoms. The van der Waals surface area contributed by atoms with Gasteiger partial charge in [-0.25, -0.2) is 0 Å². The minimum atomic E-state index is -4.02. The highest BCUT2D eigenvalue weighted by Gasteiger charge is 2.06. The van der Waals surface area contributed by atoms with Gasteiger partial charge in [-0.15, -0.1) is 0 Å². The summed E-state index contributed by atoms with van der Waals surface area (Å²) in [5, 5.41) is 6.33. The van der Waals surface area contributed by atoms with Crippen LogP contribution in [0, 0.1) is 6.92 Å². The van der Waals surface area contributed by atoms with Gasteiger partial charge in [0.2, 0.25) is 0 Å². The van der Waals surface area contributed by atoms with Gasteiger partial charge in [-0.3, -0.25) is 4.55 Å². The van der Waals surface area contributed by atoms with Crippen molar-refractivity contribution in [2.24, 2.45) is 11.5 Å². The molecule has 7 nitrogen and oxygen atoms in total. The highest BCUT2D eigenvalue weighted by molar-refractivity contribution is 7.85. The summed E-state index contributed by atoms with van der Waals surface area (Å²) in [5.41, 5.74) is 11.5. The molecule has 0 bridgehead atoms. The van der Waals surface area contributed by atoms with Gasteiger partial charge in [-0.1, -0.05) is 17.7 Å². The Balaban J connectivity index is 0.000000384. The second-order valence-electron chi connectivity index (χ2n) is 4.37. The molecule has 0 radical (unpaired) electrons. The van der Waals surface area contributed by atoms with E-state index in [0.717, 1.165) is 31.7 Å². The smallest absolute Gasteiger partial charge is 0.294 e. The van der Waals surface area contributed by atoms with E-state index in [0.29, 0.717) is 13.1 Å². The van der Waals surface area contributed by atoms with Gasteiger partial charge < -0.3 is 22.1 Å². The van der Waals surface area contributed by atoms with Gasteiger partial charge in [0.05, 0.1) is 4.90 Å². The van der Waals surface area contributed by atoms with Crippen molar-refractivity contribution in [1.82, 2.24) is 10.6 Å². The molecule has 1 aromatic rings. The first kappa shape index (κ1) is 20.0. The van der Waals surface area contributed by atoms with Crippen molar-refractivity contribution >= 4 is 10.1 Å². The molecule has 7 N–H and O–H groups in total. The van der Waals surface area contributed by atoms with E-state index in [1.807, 2.05) is 6.92 Å². The highest BCUT2D eigenvalue weighted by Crippen LogP contribution is 2.08. The van der Waals surface area contributed by atoms with Gasteiger partial charge in [0, 0.05) is 39.3 Å². The minimum absolute atomic E-state index is 0.0666. The van der Waals surface area contributed by atoms with Crippen molar-refractivity contribution < 1.29 is 13.0 Å². The average Bonchev–Trinajstić information content (AvgIpc) is 2.43. The molecular formula is C13H26N4O3S. The lowest BCUT2D eigenvalue weighted by Gasteiger charge is -2.03. The number of nitrogens with one attached hydrogen (secondary N) is 2. The Morgan fingerprint density at radius 3 is 1.71 bits per heavy atom. The van der Waals surface area contributed by atoms with Crippen molar-refractivity contribution in [3.05, 3.63) is 29.8 Å². The summed E-state index contributed by atoms with van der Waals surface area (Å²) in [6, 6.07) is 5.99. The number of hydrogen-bond donors (Lipinski definition) is 5. The molecule has 0 aliphatic carbocycles. The zero-order chi connectivity index (χ0) is 16.1. The molecule has 1 aromatic carbocycles. The van der Waals surface area contributed by atoms with E-state index < -0.39 is 10.1 Å². The standard InChI is InChI=1S/C7H8O3S.C6H18N4/c1-6-2-4-7(5-3-6)11(8,9)10;7-1-3-9-5-6-10-4-2-8/h2-5H,1H3,(H,8,9,10);9-10H,1-8H2. The molecule has 0 fully saturated rings. The number of nitrogens with two attached hydrogens (primary N) is 2. The Morgan fingerprint density at radius 2 is 1.38 bits per heavy atom. The molecular weight excluding hydrogens is 292 g/mol. The minimum Gasteiger partial charge on any atom is -0.329 e. The molecule has 0 spiro atoms. The maximum Gasteiger partial charge on any atom is 0.294 e. The maximum absolute atomic E-state index is 10.5. The molecule has 0 aliphatic rings. The van der Waals surface area contributed by atoms with Gasteiger partial charge >= 0.3 is 0 Å². The SMILES string of the molecule is Cc1ccc(S(=O)(=O)O)cc1.NCCNCCNCCN. The largest absolute Gasteiger partial charge is 0.329 e. The molecule has 0 unspecified atom stereocenters. The topological polar surface area (TPSA) is 130 Å². The molecule has 0 aromatic heterocycles. The van der Waals surface area contributed by atoms with E-state index in [-0.39, 0.29) is 4.90 Å². The Morgan fingerprint density at radius 1 is 0.952 bits per heavy atom. The van der Waals surface area contributed by atoms with Crippen molar-refractivity contribution in [3.8, 4) is 0 Å². The van der Waals surface area contributed by atoms with E-state index in [1.54, 1.807) is 12.1 Å². The van der Waals surface area contributed by atoms with Crippen LogP contribution in [0.25, 0.3) is 0 Å². The Kier molecular flexibility index (Phi) is 11.0. The zero-order valence-electron chi connectivity index (χ0n) is 12.4. The van der Waals surface area contributed by atoms with Crippen LogP contribution in [-0.2, 0) is 10.1 Å². The molecule has 0 aliphatic heterocycles. The van der Waals surface area contributed by atoms with E-state index in [2.05, 4.69) is 10.6 Å². The number of aryl methyl sites for hydroxylation is 1. The highest BCUT2D eigenvalue weighted by atomic mass is 32.2. The third-order valence-electron chi connectivity index (χ3n) is 2.44. The van der Waals surface area contributed by atoms with Crippen molar-refractivity contribution in [1.29, 1.82) is 0 Å². The van der Waals surface area contributed by atoms with Crippen molar-refractivity contribution in [2.45, 2.75) is 11.8 Å². The van der Waals surface area contributed by atoms with Crippen LogP contribution in [-0.4, -0.2) is 52.2 Å². The Hall–Kier alpha value is -1.03. The van der Waals surface area contributed by atoms with Crippen LogP contribution in [0.4, 0.5) is 0 Å². The summed E-state index contributed by atoms with van der Waals surface area (Å²) < 4.78 is 29.6. The monoisotopic (exact) mass is 318 g/mol. The van der Waals surface area contributed by atoms with Gasteiger partial charge in [0.1, 0.15) is 0 Å². The van der Waals surface area contributed by atoms with Crippen LogP contribution < -0.4 is 22.1 Å². The lowest BCUT2D eigenvalue weighted by atomic mass is 10.2. The third kappa shape index (κ3) is 11.3. The van der Waals surface area contributed by atoms with E-state index in [9.17, 15) is 8.42 Å². The van der Waals surface area contributed by atoms with Crippen LogP contribution in [0.15, 0.2) is 29.2 Å². The summed E-state index contributed by atoms with van der Waals surface area (Å²) in [6.45, 7) is 6.98. The van der Waals surface area contributed by atoms with Crippen LogP contribution in [0.5, 0.6) is 0 Å². The summed E-state index contributed by atoms with van der Waals surface area (Å²) in [6.07, 6.45) is 0. The first-order chi connectivity index (χ1) is 9.91. The molecule has 0 saturated heterocycles. The molecule has 0 amide bonds. The lowest BCUT2D eigenvalue weighted by molar-refractivity contribution is 0.483. The van der Waals surface area contributed by atoms with E-state index in [1.165, 1.54) is 12.1 Å². The van der Waals surface area contributed by atoms with Crippen LogP contribution in [0.3, 0.4) is 0 Å². The fourth-order valence-corrected chi connectivity index (χ4v) is 1.82. The van der Waals surface area contributed by atoms with E-state index >= 15 is 0 Å². The number of benzene rings is 1. The van der Waals surface area contributed by atoms with Crippen LogP contribution in [0.1, 0.15) is 5.56 Å². The maximum atomic E-state index is 10.5. The second kappa shape index (κ2) is 11.6. The first-order valence-electron chi connectivity index (χ1n) is 6.77. The Labute approximate surface area is 126 Å². The first-order valence-corrected chi connectivity index (χ1v) is 8.21. The molecule has 1 rings (SSSR count). The van der Waals surface area contributed by atoms with Gasteiger partial charge in [0.15, 0.2) is 0 Å². The van der Waals surface area contributed by atoms with E-state index in [4.69, 9.17) is 16.0 Å². The Bertz CT molecular complexity index is 455. The van der Waals surface area contributed by atoms with Crippen molar-refractivity contribution in [2.75, 3.05) is 39.3 Å². The lowest BCUT2D eigenvalue weighted by Crippen LogP contribution is -2.32. The van der Waals surface area contributed by atoms with Gasteiger partial charge in [-0.2, -0.15) is 8.42 Å².